The van der Waals surface area contributed by atoms with Gasteiger partial charge in [0.1, 0.15) is 0 Å². The largest absolute Gasteiger partial charge is 0.343 e. The lowest BCUT2D eigenvalue weighted by Gasteiger charge is -2.25. The number of rotatable bonds is 5. The molecule has 2 aromatic heterocycles. The van der Waals surface area contributed by atoms with E-state index < -0.39 is 0 Å². The lowest BCUT2D eigenvalue weighted by atomic mass is 9.92. The number of aromatic nitrogens is 5. The van der Waals surface area contributed by atoms with Crippen molar-refractivity contribution >= 4 is 5.91 Å². The molecule has 1 aliphatic rings. The Balaban J connectivity index is 1.34. The SMILES string of the molecule is NC1CCC(n2cc(C(=O)NCc3noc(-c4ccccc4)n3)nn2)CC1. The van der Waals surface area contributed by atoms with E-state index in [-0.39, 0.29) is 30.2 Å². The van der Waals surface area contributed by atoms with Gasteiger partial charge in [-0.2, -0.15) is 4.98 Å². The van der Waals surface area contributed by atoms with Gasteiger partial charge >= 0.3 is 0 Å². The topological polar surface area (TPSA) is 125 Å². The van der Waals surface area contributed by atoms with Crippen LogP contribution in [-0.2, 0) is 6.54 Å². The predicted octanol–water partition coefficient (Wildman–Crippen LogP) is 1.70. The fourth-order valence-electron chi connectivity index (χ4n) is 3.20. The molecule has 1 amide bonds. The van der Waals surface area contributed by atoms with E-state index in [0.29, 0.717) is 11.7 Å². The highest BCUT2D eigenvalue weighted by molar-refractivity contribution is 5.91. The summed E-state index contributed by atoms with van der Waals surface area (Å²) in [5.41, 5.74) is 7.04. The summed E-state index contributed by atoms with van der Waals surface area (Å²) in [6, 6.07) is 9.98. The number of carbonyl (C=O) groups is 1. The molecule has 0 radical (unpaired) electrons. The van der Waals surface area contributed by atoms with Crippen molar-refractivity contribution in [2.45, 2.75) is 44.3 Å². The summed E-state index contributed by atoms with van der Waals surface area (Å²) in [6.07, 6.45) is 5.52. The van der Waals surface area contributed by atoms with Crippen LogP contribution < -0.4 is 11.1 Å². The molecule has 27 heavy (non-hydrogen) atoms. The van der Waals surface area contributed by atoms with E-state index in [1.807, 2.05) is 30.3 Å². The van der Waals surface area contributed by atoms with Crippen LogP contribution in [0.5, 0.6) is 0 Å². The quantitative estimate of drug-likeness (QED) is 0.703. The van der Waals surface area contributed by atoms with Gasteiger partial charge in [0.2, 0.25) is 0 Å². The van der Waals surface area contributed by atoms with Crippen LogP contribution in [0, 0.1) is 0 Å². The number of carbonyl (C=O) groups excluding carboxylic acids is 1. The molecule has 1 fully saturated rings. The number of nitrogens with zero attached hydrogens (tertiary/aromatic N) is 5. The molecule has 0 unspecified atom stereocenters. The molecule has 140 valence electrons. The molecular formula is C18H21N7O2. The standard InChI is InChI=1S/C18H21N7O2/c19-13-6-8-14(9-7-13)25-11-15(22-24-25)17(26)20-10-16-21-18(27-23-16)12-4-2-1-3-5-12/h1-5,11,13-14H,6-10,19H2,(H,20,26). The molecule has 1 aromatic carbocycles. The van der Waals surface area contributed by atoms with Gasteiger partial charge < -0.3 is 15.6 Å². The Morgan fingerprint density at radius 1 is 1.22 bits per heavy atom. The van der Waals surface area contributed by atoms with Crippen molar-refractivity contribution in [2.24, 2.45) is 5.73 Å². The van der Waals surface area contributed by atoms with Gasteiger partial charge in [-0.15, -0.1) is 5.10 Å². The fourth-order valence-corrected chi connectivity index (χ4v) is 3.20. The van der Waals surface area contributed by atoms with E-state index >= 15 is 0 Å². The van der Waals surface area contributed by atoms with E-state index in [1.165, 1.54) is 0 Å². The van der Waals surface area contributed by atoms with Gasteiger partial charge in [-0.1, -0.05) is 28.6 Å². The summed E-state index contributed by atoms with van der Waals surface area (Å²) in [4.78, 5) is 16.6. The third-order valence-electron chi connectivity index (χ3n) is 4.75. The highest BCUT2D eigenvalue weighted by Gasteiger charge is 2.22. The molecule has 9 heteroatoms. The van der Waals surface area contributed by atoms with E-state index in [0.717, 1.165) is 31.2 Å². The van der Waals surface area contributed by atoms with Crippen molar-refractivity contribution < 1.29 is 9.32 Å². The van der Waals surface area contributed by atoms with Crippen LogP contribution in [0.25, 0.3) is 11.5 Å². The minimum Gasteiger partial charge on any atom is -0.343 e. The Hall–Kier alpha value is -3.07. The van der Waals surface area contributed by atoms with E-state index in [1.54, 1.807) is 10.9 Å². The maximum atomic E-state index is 12.3. The zero-order chi connectivity index (χ0) is 18.6. The fraction of sp³-hybridized carbons (Fsp3) is 0.389. The van der Waals surface area contributed by atoms with Gasteiger partial charge in [0.15, 0.2) is 11.5 Å². The van der Waals surface area contributed by atoms with Gasteiger partial charge in [0.25, 0.3) is 11.8 Å². The second-order valence-electron chi connectivity index (χ2n) is 6.72. The number of nitrogens with one attached hydrogen (secondary N) is 1. The van der Waals surface area contributed by atoms with Gasteiger partial charge in [-0.25, -0.2) is 4.68 Å². The summed E-state index contributed by atoms with van der Waals surface area (Å²) < 4.78 is 6.99. The van der Waals surface area contributed by atoms with Crippen molar-refractivity contribution in [1.29, 1.82) is 0 Å². The molecule has 1 aliphatic carbocycles. The first kappa shape index (κ1) is 17.3. The molecule has 3 aromatic rings. The molecule has 4 rings (SSSR count). The van der Waals surface area contributed by atoms with E-state index in [9.17, 15) is 4.79 Å². The van der Waals surface area contributed by atoms with Crippen LogP contribution in [0.2, 0.25) is 0 Å². The predicted molar refractivity (Wildman–Crippen MR) is 96.4 cm³/mol. The third-order valence-corrected chi connectivity index (χ3v) is 4.75. The maximum absolute atomic E-state index is 12.3. The second-order valence-corrected chi connectivity index (χ2v) is 6.72. The van der Waals surface area contributed by atoms with E-state index in [2.05, 4.69) is 25.8 Å². The number of hydrogen-bond donors (Lipinski definition) is 2. The Labute approximate surface area is 155 Å². The van der Waals surface area contributed by atoms with Crippen molar-refractivity contribution in [3.05, 3.63) is 48.0 Å². The van der Waals surface area contributed by atoms with Crippen LogP contribution in [0.1, 0.15) is 48.0 Å². The van der Waals surface area contributed by atoms with Crippen molar-refractivity contribution in [3.8, 4) is 11.5 Å². The highest BCUT2D eigenvalue weighted by Crippen LogP contribution is 2.26. The van der Waals surface area contributed by atoms with Crippen molar-refractivity contribution in [1.82, 2.24) is 30.5 Å². The first-order chi connectivity index (χ1) is 13.2. The first-order valence-electron chi connectivity index (χ1n) is 9.02. The first-order valence-corrected chi connectivity index (χ1v) is 9.02. The maximum Gasteiger partial charge on any atom is 0.273 e. The monoisotopic (exact) mass is 367 g/mol. The van der Waals surface area contributed by atoms with Crippen LogP contribution in [0.4, 0.5) is 0 Å². The molecule has 0 saturated heterocycles. The van der Waals surface area contributed by atoms with Crippen LogP contribution in [0.3, 0.4) is 0 Å². The van der Waals surface area contributed by atoms with Gasteiger partial charge in [-0.3, -0.25) is 4.79 Å². The average Bonchev–Trinajstić information content (AvgIpc) is 3.37. The molecule has 0 spiro atoms. The molecule has 3 N–H and O–H groups in total. The normalized spacial score (nSPS) is 19.7. The molecule has 0 atom stereocenters. The zero-order valence-electron chi connectivity index (χ0n) is 14.8. The number of hydrogen-bond acceptors (Lipinski definition) is 7. The minimum absolute atomic E-state index is 0.153. The lowest BCUT2D eigenvalue weighted by Crippen LogP contribution is -2.28. The van der Waals surface area contributed by atoms with Crippen LogP contribution in [0.15, 0.2) is 41.1 Å². The zero-order valence-corrected chi connectivity index (χ0v) is 14.8. The number of benzene rings is 1. The van der Waals surface area contributed by atoms with Gasteiger partial charge in [0, 0.05) is 11.6 Å². The number of nitrogens with two attached hydrogens (primary N) is 1. The average molecular weight is 367 g/mol. The molecular weight excluding hydrogens is 346 g/mol. The summed E-state index contributed by atoms with van der Waals surface area (Å²) >= 11 is 0. The Bertz CT molecular complexity index is 897. The second kappa shape index (κ2) is 7.67. The van der Waals surface area contributed by atoms with Gasteiger partial charge in [0.05, 0.1) is 18.8 Å². The molecule has 2 heterocycles. The third kappa shape index (κ3) is 4.03. The molecule has 9 nitrogen and oxygen atoms in total. The Kier molecular flexibility index (Phi) is 4.93. The highest BCUT2D eigenvalue weighted by atomic mass is 16.5. The van der Waals surface area contributed by atoms with Crippen LogP contribution in [-0.4, -0.2) is 37.1 Å². The Morgan fingerprint density at radius 3 is 2.78 bits per heavy atom. The summed E-state index contributed by atoms with van der Waals surface area (Å²) in [6.45, 7) is 0.153. The van der Waals surface area contributed by atoms with Crippen molar-refractivity contribution in [3.63, 3.8) is 0 Å². The molecule has 1 saturated carbocycles. The molecule has 0 bridgehead atoms. The smallest absolute Gasteiger partial charge is 0.273 e. The Morgan fingerprint density at radius 2 is 2.00 bits per heavy atom. The van der Waals surface area contributed by atoms with Crippen molar-refractivity contribution in [2.75, 3.05) is 0 Å². The summed E-state index contributed by atoms with van der Waals surface area (Å²) in [5.74, 6) is 0.497. The summed E-state index contributed by atoms with van der Waals surface area (Å²) in [5, 5.41) is 14.7. The van der Waals surface area contributed by atoms with E-state index in [4.69, 9.17) is 10.3 Å². The minimum atomic E-state index is -0.320. The van der Waals surface area contributed by atoms with Gasteiger partial charge in [-0.05, 0) is 37.8 Å². The lowest BCUT2D eigenvalue weighted by molar-refractivity contribution is 0.0944. The molecule has 0 aliphatic heterocycles. The number of amides is 1. The summed E-state index contributed by atoms with van der Waals surface area (Å²) in [7, 11) is 0. The van der Waals surface area contributed by atoms with Crippen LogP contribution >= 0.6 is 0 Å².